The zero-order valence-corrected chi connectivity index (χ0v) is 14.7. The lowest BCUT2D eigenvalue weighted by molar-refractivity contribution is -0.134. The minimum absolute atomic E-state index is 0.0977. The molecule has 1 aromatic rings. The maximum absolute atomic E-state index is 12.4. The van der Waals surface area contributed by atoms with Crippen LogP contribution in [0.15, 0.2) is 30.3 Å². The third-order valence-corrected chi connectivity index (χ3v) is 5.03. The molecule has 1 amide bonds. The molecule has 1 aliphatic heterocycles. The number of amides is 1. The number of piperidine rings is 1. The fourth-order valence-corrected chi connectivity index (χ4v) is 3.48. The molecule has 0 aromatic heterocycles. The van der Waals surface area contributed by atoms with Gasteiger partial charge in [-0.05, 0) is 31.7 Å². The Kier molecular flexibility index (Phi) is 6.60. The largest absolute Gasteiger partial charge is 0.341 e. The first kappa shape index (κ1) is 18.0. The monoisotopic (exact) mass is 317 g/mol. The predicted molar refractivity (Wildman–Crippen MR) is 95.0 cm³/mol. The second kappa shape index (κ2) is 8.46. The van der Waals surface area contributed by atoms with Crippen molar-refractivity contribution in [2.45, 2.75) is 64.2 Å². The molecule has 128 valence electrons. The van der Waals surface area contributed by atoms with E-state index in [1.165, 1.54) is 5.56 Å². The van der Waals surface area contributed by atoms with Gasteiger partial charge in [0, 0.05) is 32.2 Å². The molecule has 0 aliphatic carbocycles. The topological polar surface area (TPSA) is 49.6 Å². The van der Waals surface area contributed by atoms with Gasteiger partial charge < -0.3 is 10.6 Å². The van der Waals surface area contributed by atoms with Crippen molar-refractivity contribution in [1.29, 1.82) is 0 Å². The summed E-state index contributed by atoms with van der Waals surface area (Å²) in [6.45, 7) is 6.35. The van der Waals surface area contributed by atoms with Gasteiger partial charge in [0.25, 0.3) is 0 Å². The Morgan fingerprint density at radius 3 is 2.70 bits per heavy atom. The van der Waals surface area contributed by atoms with Crippen molar-refractivity contribution in [2.75, 3.05) is 13.6 Å². The summed E-state index contributed by atoms with van der Waals surface area (Å²) in [5.74, 6) is 0.0977. The lowest BCUT2D eigenvalue weighted by Gasteiger charge is -2.41. The van der Waals surface area contributed by atoms with Crippen LogP contribution in [-0.4, -0.2) is 47.4 Å². The molecular formula is C19H31N3O. The minimum Gasteiger partial charge on any atom is -0.341 e. The molecule has 0 saturated carbocycles. The molecule has 1 heterocycles. The third kappa shape index (κ3) is 4.79. The highest BCUT2D eigenvalue weighted by Gasteiger charge is 2.31. The van der Waals surface area contributed by atoms with E-state index in [-0.39, 0.29) is 11.9 Å². The Hall–Kier alpha value is -1.39. The highest BCUT2D eigenvalue weighted by molar-refractivity contribution is 5.81. The molecule has 2 rings (SSSR count). The number of hydrogen-bond donors (Lipinski definition) is 1. The van der Waals surface area contributed by atoms with Crippen molar-refractivity contribution in [3.63, 3.8) is 0 Å². The molecule has 4 heteroatoms. The number of nitrogens with two attached hydrogens (primary N) is 1. The zero-order chi connectivity index (χ0) is 16.8. The Labute approximate surface area is 140 Å². The molecule has 1 aromatic carbocycles. The van der Waals surface area contributed by atoms with Gasteiger partial charge in [-0.15, -0.1) is 0 Å². The molecule has 0 bridgehead atoms. The molecule has 23 heavy (non-hydrogen) atoms. The van der Waals surface area contributed by atoms with Crippen molar-refractivity contribution in [3.05, 3.63) is 35.9 Å². The number of carbonyl (C=O) groups excluding carboxylic acids is 1. The minimum atomic E-state index is -0.345. The zero-order valence-electron chi connectivity index (χ0n) is 14.7. The SMILES string of the molecule is CCCC(N)C(=O)N(C)C1CCN(Cc2ccccc2)C(C)C1. The fourth-order valence-electron chi connectivity index (χ4n) is 3.48. The van der Waals surface area contributed by atoms with Crippen LogP contribution in [-0.2, 0) is 11.3 Å². The first-order valence-corrected chi connectivity index (χ1v) is 8.83. The molecule has 1 fully saturated rings. The molecule has 1 saturated heterocycles. The average Bonchev–Trinajstić information content (AvgIpc) is 2.56. The van der Waals surface area contributed by atoms with Gasteiger partial charge in [0.15, 0.2) is 0 Å². The van der Waals surface area contributed by atoms with Crippen LogP contribution < -0.4 is 5.73 Å². The highest BCUT2D eigenvalue weighted by atomic mass is 16.2. The van der Waals surface area contributed by atoms with Crippen LogP contribution in [0.4, 0.5) is 0 Å². The van der Waals surface area contributed by atoms with Crippen molar-refractivity contribution >= 4 is 5.91 Å². The molecule has 1 aliphatic rings. The van der Waals surface area contributed by atoms with E-state index in [2.05, 4.69) is 49.1 Å². The number of likely N-dealkylation sites (tertiary alicyclic amines) is 1. The van der Waals surface area contributed by atoms with E-state index in [0.717, 1.165) is 38.8 Å². The van der Waals surface area contributed by atoms with Crippen molar-refractivity contribution < 1.29 is 4.79 Å². The quantitative estimate of drug-likeness (QED) is 0.877. The maximum Gasteiger partial charge on any atom is 0.239 e. The van der Waals surface area contributed by atoms with Crippen LogP contribution in [0.1, 0.15) is 45.1 Å². The summed E-state index contributed by atoms with van der Waals surface area (Å²) in [6, 6.07) is 11.0. The first-order chi connectivity index (χ1) is 11.0. The number of carbonyl (C=O) groups is 1. The molecule has 2 N–H and O–H groups in total. The predicted octanol–water partition coefficient (Wildman–Crippen LogP) is 2.63. The lowest BCUT2D eigenvalue weighted by Crippen LogP contribution is -2.52. The summed E-state index contributed by atoms with van der Waals surface area (Å²) in [5.41, 5.74) is 7.35. The van der Waals surface area contributed by atoms with Gasteiger partial charge in [-0.2, -0.15) is 0 Å². The van der Waals surface area contributed by atoms with Gasteiger partial charge in [0.2, 0.25) is 5.91 Å². The summed E-state index contributed by atoms with van der Waals surface area (Å²) in [5, 5.41) is 0. The van der Waals surface area contributed by atoms with Crippen molar-refractivity contribution in [3.8, 4) is 0 Å². The third-order valence-electron chi connectivity index (χ3n) is 5.03. The van der Waals surface area contributed by atoms with Crippen LogP contribution in [0.3, 0.4) is 0 Å². The highest BCUT2D eigenvalue weighted by Crippen LogP contribution is 2.23. The Balaban J connectivity index is 1.89. The number of nitrogens with zero attached hydrogens (tertiary/aromatic N) is 2. The summed E-state index contributed by atoms with van der Waals surface area (Å²) in [7, 11) is 1.92. The summed E-state index contributed by atoms with van der Waals surface area (Å²) in [4.78, 5) is 16.8. The normalized spacial score (nSPS) is 23.5. The van der Waals surface area contributed by atoms with E-state index in [1.807, 2.05) is 11.9 Å². The molecule has 0 spiro atoms. The van der Waals surface area contributed by atoms with Gasteiger partial charge in [-0.3, -0.25) is 9.69 Å². The maximum atomic E-state index is 12.4. The second-order valence-electron chi connectivity index (χ2n) is 6.83. The summed E-state index contributed by atoms with van der Waals surface area (Å²) in [6.07, 6.45) is 3.77. The second-order valence-corrected chi connectivity index (χ2v) is 6.83. The van der Waals surface area contributed by atoms with Crippen LogP contribution in [0.25, 0.3) is 0 Å². The van der Waals surface area contributed by atoms with Gasteiger partial charge >= 0.3 is 0 Å². The summed E-state index contributed by atoms with van der Waals surface area (Å²) >= 11 is 0. The Morgan fingerprint density at radius 2 is 2.09 bits per heavy atom. The summed E-state index contributed by atoms with van der Waals surface area (Å²) < 4.78 is 0. The molecule has 3 atom stereocenters. The van der Waals surface area contributed by atoms with Gasteiger partial charge in [0.05, 0.1) is 6.04 Å². The van der Waals surface area contributed by atoms with Crippen molar-refractivity contribution in [2.24, 2.45) is 5.73 Å². The van der Waals surface area contributed by atoms with E-state index in [9.17, 15) is 4.79 Å². The van der Waals surface area contributed by atoms with E-state index < -0.39 is 0 Å². The van der Waals surface area contributed by atoms with Gasteiger partial charge in [0.1, 0.15) is 0 Å². The van der Waals surface area contributed by atoms with Crippen LogP contribution in [0.5, 0.6) is 0 Å². The molecule has 3 unspecified atom stereocenters. The smallest absolute Gasteiger partial charge is 0.239 e. The Bertz CT molecular complexity index is 491. The average molecular weight is 317 g/mol. The lowest BCUT2D eigenvalue weighted by atomic mass is 9.95. The van der Waals surface area contributed by atoms with Gasteiger partial charge in [-0.1, -0.05) is 43.7 Å². The number of likely N-dealkylation sites (N-methyl/N-ethyl adjacent to an activating group) is 1. The Morgan fingerprint density at radius 1 is 1.39 bits per heavy atom. The van der Waals surface area contributed by atoms with Crippen molar-refractivity contribution in [1.82, 2.24) is 9.80 Å². The molecule has 0 radical (unpaired) electrons. The standard InChI is InChI=1S/C19H31N3O/c1-4-8-18(20)19(23)21(3)17-11-12-22(15(2)13-17)14-16-9-6-5-7-10-16/h5-7,9-10,15,17-18H,4,8,11-14,20H2,1-3H3. The molecule has 4 nitrogen and oxygen atoms in total. The fraction of sp³-hybridized carbons (Fsp3) is 0.632. The van der Waals surface area contributed by atoms with E-state index in [4.69, 9.17) is 5.73 Å². The van der Waals surface area contributed by atoms with Crippen LogP contribution in [0.2, 0.25) is 0 Å². The first-order valence-electron chi connectivity index (χ1n) is 8.83. The van der Waals surface area contributed by atoms with E-state index in [1.54, 1.807) is 0 Å². The van der Waals surface area contributed by atoms with Crippen LogP contribution >= 0.6 is 0 Å². The van der Waals surface area contributed by atoms with E-state index >= 15 is 0 Å². The molecular weight excluding hydrogens is 286 g/mol. The van der Waals surface area contributed by atoms with E-state index in [0.29, 0.717) is 12.1 Å². The number of rotatable bonds is 6. The number of hydrogen-bond acceptors (Lipinski definition) is 3. The van der Waals surface area contributed by atoms with Gasteiger partial charge in [-0.25, -0.2) is 0 Å². The number of benzene rings is 1. The van der Waals surface area contributed by atoms with Crippen LogP contribution in [0, 0.1) is 0 Å².